The number of amides is 1. The quantitative estimate of drug-likeness (QED) is 0.868. The largest absolute Gasteiger partial charge is 0.388 e. The zero-order valence-electron chi connectivity index (χ0n) is 11.3. The first kappa shape index (κ1) is 13.6. The normalized spacial score (nSPS) is 10.8. The molecule has 0 fully saturated rings. The number of anilines is 1. The van der Waals surface area contributed by atoms with Crippen molar-refractivity contribution in [2.75, 3.05) is 12.4 Å². The highest BCUT2D eigenvalue weighted by Gasteiger charge is 2.21. The molecule has 0 radical (unpaired) electrons. The fourth-order valence-corrected chi connectivity index (χ4v) is 1.99. The van der Waals surface area contributed by atoms with E-state index in [-0.39, 0.29) is 18.0 Å². The van der Waals surface area contributed by atoms with Crippen LogP contribution >= 0.6 is 0 Å². The van der Waals surface area contributed by atoms with E-state index < -0.39 is 0 Å². The molecule has 0 aliphatic carbocycles. The van der Waals surface area contributed by atoms with Gasteiger partial charge in [0.1, 0.15) is 0 Å². The second-order valence-electron chi connectivity index (χ2n) is 4.73. The SMILES string of the molecule is CNc1ccc(C(=O)N(C(C)C)C(C)C)cc1. The van der Waals surface area contributed by atoms with Crippen molar-refractivity contribution >= 4 is 11.6 Å². The van der Waals surface area contributed by atoms with Crippen molar-refractivity contribution in [3.05, 3.63) is 29.8 Å². The van der Waals surface area contributed by atoms with Gasteiger partial charge in [0.2, 0.25) is 0 Å². The van der Waals surface area contributed by atoms with Gasteiger partial charge in [-0.25, -0.2) is 0 Å². The van der Waals surface area contributed by atoms with Gasteiger partial charge in [0.25, 0.3) is 5.91 Å². The van der Waals surface area contributed by atoms with Gasteiger partial charge in [-0.1, -0.05) is 0 Å². The molecule has 0 unspecified atom stereocenters. The molecule has 1 aromatic carbocycles. The van der Waals surface area contributed by atoms with Gasteiger partial charge in [-0.15, -0.1) is 0 Å². The maximum absolute atomic E-state index is 12.3. The van der Waals surface area contributed by atoms with Crippen molar-refractivity contribution in [3.8, 4) is 0 Å². The molecule has 0 aliphatic heterocycles. The third kappa shape index (κ3) is 3.22. The summed E-state index contributed by atoms with van der Waals surface area (Å²) in [5, 5.41) is 3.04. The maximum Gasteiger partial charge on any atom is 0.254 e. The molecule has 17 heavy (non-hydrogen) atoms. The predicted molar refractivity (Wildman–Crippen MR) is 72.4 cm³/mol. The van der Waals surface area contributed by atoms with Crippen LogP contribution in [0.2, 0.25) is 0 Å². The number of nitrogens with zero attached hydrogens (tertiary/aromatic N) is 1. The lowest BCUT2D eigenvalue weighted by molar-refractivity contribution is 0.0644. The first-order chi connectivity index (χ1) is 7.97. The van der Waals surface area contributed by atoms with Gasteiger partial charge < -0.3 is 10.2 Å². The molecule has 3 nitrogen and oxygen atoms in total. The lowest BCUT2D eigenvalue weighted by Gasteiger charge is -2.30. The molecule has 0 bridgehead atoms. The summed E-state index contributed by atoms with van der Waals surface area (Å²) in [5.74, 6) is 0.0950. The molecule has 1 rings (SSSR count). The van der Waals surface area contributed by atoms with E-state index in [9.17, 15) is 4.79 Å². The summed E-state index contributed by atoms with van der Waals surface area (Å²) < 4.78 is 0. The van der Waals surface area contributed by atoms with Crippen LogP contribution in [0.4, 0.5) is 5.69 Å². The Balaban J connectivity index is 2.93. The minimum atomic E-state index is 0.0950. The number of carbonyl (C=O) groups is 1. The van der Waals surface area contributed by atoms with Gasteiger partial charge in [0.05, 0.1) is 0 Å². The van der Waals surface area contributed by atoms with Gasteiger partial charge >= 0.3 is 0 Å². The molecule has 0 aromatic heterocycles. The Labute approximate surface area is 104 Å². The van der Waals surface area contributed by atoms with Crippen LogP contribution in [0.3, 0.4) is 0 Å². The first-order valence-electron chi connectivity index (χ1n) is 6.07. The Bertz CT molecular complexity index is 360. The minimum absolute atomic E-state index is 0.0950. The molecule has 94 valence electrons. The Morgan fingerprint density at radius 1 is 1.06 bits per heavy atom. The van der Waals surface area contributed by atoms with Crippen LogP contribution in [0, 0.1) is 0 Å². The summed E-state index contributed by atoms with van der Waals surface area (Å²) >= 11 is 0. The third-order valence-electron chi connectivity index (χ3n) is 2.77. The molecule has 1 amide bonds. The lowest BCUT2D eigenvalue weighted by Crippen LogP contribution is -2.42. The number of rotatable bonds is 4. The van der Waals surface area contributed by atoms with E-state index in [4.69, 9.17) is 0 Å². The number of nitrogens with one attached hydrogen (secondary N) is 1. The van der Waals surface area contributed by atoms with E-state index in [2.05, 4.69) is 5.32 Å². The molecule has 0 atom stereocenters. The molecular weight excluding hydrogens is 212 g/mol. The fourth-order valence-electron chi connectivity index (χ4n) is 1.99. The van der Waals surface area contributed by atoms with Crippen LogP contribution < -0.4 is 5.32 Å². The van der Waals surface area contributed by atoms with Crippen LogP contribution in [-0.2, 0) is 0 Å². The van der Waals surface area contributed by atoms with E-state index in [1.165, 1.54) is 0 Å². The molecule has 3 heteroatoms. The number of benzene rings is 1. The van der Waals surface area contributed by atoms with Crippen LogP contribution in [-0.4, -0.2) is 29.9 Å². The summed E-state index contributed by atoms with van der Waals surface area (Å²) in [6.07, 6.45) is 0. The Kier molecular flexibility index (Phi) is 4.55. The average Bonchev–Trinajstić information content (AvgIpc) is 2.28. The molecular formula is C14H22N2O. The predicted octanol–water partition coefficient (Wildman–Crippen LogP) is 2.99. The van der Waals surface area contributed by atoms with Crippen molar-refractivity contribution in [1.29, 1.82) is 0 Å². The number of hydrogen-bond acceptors (Lipinski definition) is 2. The van der Waals surface area contributed by atoms with Gasteiger partial charge in [-0.2, -0.15) is 0 Å². The number of carbonyl (C=O) groups excluding carboxylic acids is 1. The second-order valence-corrected chi connectivity index (χ2v) is 4.73. The summed E-state index contributed by atoms with van der Waals surface area (Å²) in [5.41, 5.74) is 1.76. The standard InChI is InChI=1S/C14H22N2O/c1-10(2)16(11(3)4)14(17)12-6-8-13(15-5)9-7-12/h6-11,15H,1-5H3. The van der Waals surface area contributed by atoms with E-state index in [1.807, 2.05) is 63.9 Å². The maximum atomic E-state index is 12.3. The summed E-state index contributed by atoms with van der Waals surface area (Å²) in [4.78, 5) is 14.2. The monoisotopic (exact) mass is 234 g/mol. The van der Waals surface area contributed by atoms with E-state index in [0.29, 0.717) is 0 Å². The molecule has 0 aliphatic rings. The lowest BCUT2D eigenvalue weighted by atomic mass is 10.1. The Hall–Kier alpha value is -1.51. The van der Waals surface area contributed by atoms with Crippen molar-refractivity contribution in [2.24, 2.45) is 0 Å². The zero-order valence-corrected chi connectivity index (χ0v) is 11.3. The van der Waals surface area contributed by atoms with Crippen molar-refractivity contribution in [1.82, 2.24) is 4.90 Å². The zero-order chi connectivity index (χ0) is 13.0. The van der Waals surface area contributed by atoms with E-state index >= 15 is 0 Å². The van der Waals surface area contributed by atoms with Crippen molar-refractivity contribution in [2.45, 2.75) is 39.8 Å². The highest BCUT2D eigenvalue weighted by molar-refractivity contribution is 5.94. The van der Waals surface area contributed by atoms with Gasteiger partial charge in [0.15, 0.2) is 0 Å². The van der Waals surface area contributed by atoms with E-state index in [1.54, 1.807) is 0 Å². The topological polar surface area (TPSA) is 32.3 Å². The Morgan fingerprint density at radius 2 is 1.53 bits per heavy atom. The molecule has 0 spiro atoms. The van der Waals surface area contributed by atoms with Gasteiger partial charge in [0, 0.05) is 30.4 Å². The van der Waals surface area contributed by atoms with E-state index in [0.717, 1.165) is 11.3 Å². The average molecular weight is 234 g/mol. The summed E-state index contributed by atoms with van der Waals surface area (Å²) in [6.45, 7) is 8.17. The smallest absolute Gasteiger partial charge is 0.254 e. The Morgan fingerprint density at radius 3 is 1.88 bits per heavy atom. The second kappa shape index (κ2) is 5.71. The highest BCUT2D eigenvalue weighted by atomic mass is 16.2. The molecule has 0 saturated carbocycles. The van der Waals surface area contributed by atoms with Crippen LogP contribution in [0.25, 0.3) is 0 Å². The first-order valence-corrected chi connectivity index (χ1v) is 6.07. The van der Waals surface area contributed by atoms with Crippen LogP contribution in [0.5, 0.6) is 0 Å². The van der Waals surface area contributed by atoms with Crippen LogP contribution in [0.1, 0.15) is 38.1 Å². The summed E-state index contributed by atoms with van der Waals surface area (Å²) in [6, 6.07) is 8.01. The molecule has 1 N–H and O–H groups in total. The van der Waals surface area contributed by atoms with Crippen LogP contribution in [0.15, 0.2) is 24.3 Å². The molecule has 1 aromatic rings. The van der Waals surface area contributed by atoms with Gasteiger partial charge in [-0.05, 0) is 52.0 Å². The minimum Gasteiger partial charge on any atom is -0.388 e. The van der Waals surface area contributed by atoms with Crippen molar-refractivity contribution in [3.63, 3.8) is 0 Å². The summed E-state index contributed by atoms with van der Waals surface area (Å²) in [7, 11) is 1.87. The number of hydrogen-bond donors (Lipinski definition) is 1. The molecule has 0 saturated heterocycles. The molecule has 0 heterocycles. The van der Waals surface area contributed by atoms with Gasteiger partial charge in [-0.3, -0.25) is 4.79 Å². The highest BCUT2D eigenvalue weighted by Crippen LogP contribution is 2.14. The fraction of sp³-hybridized carbons (Fsp3) is 0.500. The van der Waals surface area contributed by atoms with Crippen molar-refractivity contribution < 1.29 is 4.79 Å². The third-order valence-corrected chi connectivity index (χ3v) is 2.77.